The lowest BCUT2D eigenvalue weighted by atomic mass is 10.2. The minimum absolute atomic E-state index is 0.0210. The Balaban J connectivity index is 1.64. The molecule has 0 spiro atoms. The molecule has 1 N–H and O–H groups in total. The van der Waals surface area contributed by atoms with Crippen LogP contribution in [0, 0.1) is 0 Å². The van der Waals surface area contributed by atoms with Crippen LogP contribution in [0.5, 0.6) is 5.75 Å². The summed E-state index contributed by atoms with van der Waals surface area (Å²) in [5.74, 6) is 1.42. The molecule has 140 valence electrons. The second kappa shape index (κ2) is 8.55. The van der Waals surface area contributed by atoms with E-state index in [-0.39, 0.29) is 17.3 Å². The second-order valence-electron chi connectivity index (χ2n) is 6.21. The highest BCUT2D eigenvalue weighted by Crippen LogP contribution is 2.31. The maximum Gasteiger partial charge on any atom is 0.233 e. The molecular weight excluding hydrogens is 352 g/mol. The molecule has 0 unspecified atom stereocenters. The highest BCUT2D eigenvalue weighted by Gasteiger charge is 2.22. The summed E-state index contributed by atoms with van der Waals surface area (Å²) in [5, 5.41) is 11.9. The first-order chi connectivity index (χ1) is 12.6. The van der Waals surface area contributed by atoms with Crippen molar-refractivity contribution in [1.29, 1.82) is 0 Å². The smallest absolute Gasteiger partial charge is 0.233 e. The number of nitrogens with one attached hydrogen (secondary N) is 1. The molecule has 0 radical (unpaired) electrons. The van der Waals surface area contributed by atoms with Gasteiger partial charge in [-0.2, -0.15) is 0 Å². The maximum atomic E-state index is 12.3. The Labute approximate surface area is 157 Å². The molecule has 7 nitrogen and oxygen atoms in total. The maximum absolute atomic E-state index is 12.3. The summed E-state index contributed by atoms with van der Waals surface area (Å²) >= 11 is 1.39. The van der Waals surface area contributed by atoms with Crippen LogP contribution < -0.4 is 10.1 Å². The average molecular weight is 376 g/mol. The van der Waals surface area contributed by atoms with E-state index in [1.807, 2.05) is 42.8 Å². The lowest BCUT2D eigenvalue weighted by molar-refractivity contribution is -0.120. The standard InChI is InChI=1S/C18H24N4O3S/c1-12(17(23)19-11-13-7-6-10-25-13)26-18-21-20-16(22(18)2)14-8-4-5-9-15(14)24-3/h4-5,8-9,12-13H,6-7,10-11H2,1-3H3,(H,19,23)/t12-,13+/m0/s1. The second-order valence-corrected chi connectivity index (χ2v) is 7.51. The van der Waals surface area contributed by atoms with Gasteiger partial charge in [-0.15, -0.1) is 10.2 Å². The summed E-state index contributed by atoms with van der Waals surface area (Å²) in [4.78, 5) is 12.3. The highest BCUT2D eigenvalue weighted by molar-refractivity contribution is 8.00. The van der Waals surface area contributed by atoms with Gasteiger partial charge in [0, 0.05) is 20.2 Å². The van der Waals surface area contributed by atoms with Crippen molar-refractivity contribution >= 4 is 17.7 Å². The number of thioether (sulfide) groups is 1. The monoisotopic (exact) mass is 376 g/mol. The van der Waals surface area contributed by atoms with Crippen LogP contribution >= 0.6 is 11.8 Å². The summed E-state index contributed by atoms with van der Waals surface area (Å²) in [6.45, 7) is 3.22. The summed E-state index contributed by atoms with van der Waals surface area (Å²) in [5.41, 5.74) is 0.868. The highest BCUT2D eigenvalue weighted by atomic mass is 32.2. The summed E-state index contributed by atoms with van der Waals surface area (Å²) < 4.78 is 12.8. The van der Waals surface area contributed by atoms with Crippen molar-refractivity contribution in [2.75, 3.05) is 20.3 Å². The van der Waals surface area contributed by atoms with Gasteiger partial charge in [0.05, 0.1) is 24.0 Å². The first-order valence-electron chi connectivity index (χ1n) is 8.69. The molecule has 3 rings (SSSR count). The number of hydrogen-bond donors (Lipinski definition) is 1. The SMILES string of the molecule is COc1ccccc1-c1nnc(S[C@@H](C)C(=O)NC[C@H]2CCCO2)n1C. The van der Waals surface area contributed by atoms with Crippen molar-refractivity contribution < 1.29 is 14.3 Å². The fourth-order valence-corrected chi connectivity index (χ4v) is 3.70. The fourth-order valence-electron chi connectivity index (χ4n) is 2.86. The van der Waals surface area contributed by atoms with Gasteiger partial charge < -0.3 is 19.4 Å². The summed E-state index contributed by atoms with van der Waals surface area (Å²) in [6.07, 6.45) is 2.21. The molecule has 26 heavy (non-hydrogen) atoms. The average Bonchev–Trinajstić information content (AvgIpc) is 3.30. The Morgan fingerprint density at radius 3 is 3.00 bits per heavy atom. The Morgan fingerprint density at radius 2 is 2.27 bits per heavy atom. The van der Waals surface area contributed by atoms with Gasteiger partial charge in [0.25, 0.3) is 0 Å². The zero-order valence-electron chi connectivity index (χ0n) is 15.3. The molecule has 0 saturated carbocycles. The molecule has 1 saturated heterocycles. The van der Waals surface area contributed by atoms with Gasteiger partial charge in [-0.3, -0.25) is 4.79 Å². The molecule has 1 aliphatic rings. The van der Waals surface area contributed by atoms with Crippen LogP contribution in [-0.2, 0) is 16.6 Å². The Morgan fingerprint density at radius 1 is 1.46 bits per heavy atom. The quantitative estimate of drug-likeness (QED) is 0.747. The molecule has 1 aromatic heterocycles. The van der Waals surface area contributed by atoms with Gasteiger partial charge in [-0.05, 0) is 31.9 Å². The van der Waals surface area contributed by atoms with Crippen LogP contribution in [0.15, 0.2) is 29.4 Å². The first-order valence-corrected chi connectivity index (χ1v) is 9.57. The van der Waals surface area contributed by atoms with Gasteiger partial charge in [0.2, 0.25) is 5.91 Å². The molecule has 1 amide bonds. The van der Waals surface area contributed by atoms with E-state index in [2.05, 4.69) is 15.5 Å². The number of ether oxygens (including phenoxy) is 2. The number of carbonyl (C=O) groups excluding carboxylic acids is 1. The van der Waals surface area contributed by atoms with E-state index in [0.717, 1.165) is 30.8 Å². The molecule has 0 aliphatic carbocycles. The third kappa shape index (κ3) is 4.19. The number of para-hydroxylation sites is 1. The van der Waals surface area contributed by atoms with Crippen LogP contribution in [0.25, 0.3) is 11.4 Å². The zero-order valence-corrected chi connectivity index (χ0v) is 16.1. The lowest BCUT2D eigenvalue weighted by Gasteiger charge is -2.14. The van der Waals surface area contributed by atoms with Gasteiger partial charge in [-0.25, -0.2) is 0 Å². The van der Waals surface area contributed by atoms with Crippen molar-refractivity contribution in [2.24, 2.45) is 7.05 Å². The first kappa shape index (κ1) is 18.7. The van der Waals surface area contributed by atoms with Crippen LogP contribution in [0.2, 0.25) is 0 Å². The van der Waals surface area contributed by atoms with E-state index >= 15 is 0 Å². The molecule has 2 heterocycles. The predicted octanol–water partition coefficient (Wildman–Crippen LogP) is 2.27. The van der Waals surface area contributed by atoms with Crippen molar-refractivity contribution in [3.8, 4) is 17.1 Å². The van der Waals surface area contributed by atoms with Gasteiger partial charge in [-0.1, -0.05) is 23.9 Å². The molecule has 8 heteroatoms. The Kier molecular flexibility index (Phi) is 6.16. The van der Waals surface area contributed by atoms with Gasteiger partial charge in [0.15, 0.2) is 11.0 Å². The number of methoxy groups -OCH3 is 1. The fraction of sp³-hybridized carbons (Fsp3) is 0.500. The summed E-state index contributed by atoms with van der Waals surface area (Å²) in [6, 6.07) is 7.67. The van der Waals surface area contributed by atoms with E-state index in [9.17, 15) is 4.79 Å². The van der Waals surface area contributed by atoms with Gasteiger partial charge >= 0.3 is 0 Å². The van der Waals surface area contributed by atoms with Crippen LogP contribution in [-0.4, -0.2) is 52.3 Å². The van der Waals surface area contributed by atoms with Crippen molar-refractivity contribution in [3.05, 3.63) is 24.3 Å². The molecule has 0 bridgehead atoms. The van der Waals surface area contributed by atoms with Gasteiger partial charge in [0.1, 0.15) is 5.75 Å². The van der Waals surface area contributed by atoms with E-state index in [1.54, 1.807) is 7.11 Å². The number of aromatic nitrogens is 3. The minimum atomic E-state index is -0.273. The largest absolute Gasteiger partial charge is 0.496 e. The summed E-state index contributed by atoms with van der Waals surface area (Å²) in [7, 11) is 3.52. The van der Waals surface area contributed by atoms with Crippen LogP contribution in [0.3, 0.4) is 0 Å². The van der Waals surface area contributed by atoms with Crippen molar-refractivity contribution in [2.45, 2.75) is 36.3 Å². The molecule has 1 aliphatic heterocycles. The van der Waals surface area contributed by atoms with Crippen LogP contribution in [0.1, 0.15) is 19.8 Å². The predicted molar refractivity (Wildman–Crippen MR) is 100 cm³/mol. The van der Waals surface area contributed by atoms with E-state index in [0.29, 0.717) is 17.5 Å². The number of benzene rings is 1. The van der Waals surface area contributed by atoms with Crippen molar-refractivity contribution in [1.82, 2.24) is 20.1 Å². The Hall–Kier alpha value is -2.06. The number of amides is 1. The molecule has 2 atom stereocenters. The third-order valence-corrected chi connectivity index (χ3v) is 5.50. The number of rotatable bonds is 7. The van der Waals surface area contributed by atoms with Crippen molar-refractivity contribution in [3.63, 3.8) is 0 Å². The molecule has 1 fully saturated rings. The topological polar surface area (TPSA) is 78.3 Å². The zero-order chi connectivity index (χ0) is 18.5. The normalized spacial score (nSPS) is 17.9. The van der Waals surface area contributed by atoms with E-state index in [1.165, 1.54) is 11.8 Å². The molecular formula is C18H24N4O3S. The van der Waals surface area contributed by atoms with Crippen LogP contribution in [0.4, 0.5) is 0 Å². The van der Waals surface area contributed by atoms with E-state index < -0.39 is 0 Å². The lowest BCUT2D eigenvalue weighted by Crippen LogP contribution is -2.36. The molecule has 2 aromatic rings. The Bertz CT molecular complexity index is 759. The number of nitrogens with zero attached hydrogens (tertiary/aromatic N) is 3. The van der Waals surface area contributed by atoms with E-state index in [4.69, 9.17) is 9.47 Å². The third-order valence-electron chi connectivity index (χ3n) is 4.36. The molecule has 1 aromatic carbocycles. The number of carbonyl (C=O) groups is 1. The minimum Gasteiger partial charge on any atom is -0.496 e. The number of hydrogen-bond acceptors (Lipinski definition) is 6.